The van der Waals surface area contributed by atoms with Crippen LogP contribution in [0.15, 0.2) is 0 Å². The van der Waals surface area contributed by atoms with Crippen molar-refractivity contribution >= 4 is 17.8 Å². The summed E-state index contributed by atoms with van der Waals surface area (Å²) in [5.41, 5.74) is -6.25. The number of morpholine rings is 1. The van der Waals surface area contributed by atoms with E-state index in [1.807, 2.05) is 0 Å². The van der Waals surface area contributed by atoms with Crippen LogP contribution in [0.4, 0.5) is 13.2 Å². The molecule has 12 heteroatoms. The molecule has 0 radical (unpaired) electrons. The normalized spacial score (nSPS) is 50.7. The molecule has 30 heavy (non-hydrogen) atoms. The van der Waals surface area contributed by atoms with Crippen LogP contribution in [0.25, 0.3) is 0 Å². The Morgan fingerprint density at radius 2 is 1.87 bits per heavy atom. The van der Waals surface area contributed by atoms with Gasteiger partial charge in [-0.3, -0.25) is 4.79 Å². The molecule has 4 rings (SSSR count). The molecule has 1 amide bonds. The minimum absolute atomic E-state index is 0.0325. The van der Waals surface area contributed by atoms with Crippen molar-refractivity contribution in [2.24, 2.45) is 5.92 Å². The first kappa shape index (κ1) is 21.5. The van der Waals surface area contributed by atoms with E-state index in [9.17, 15) is 37.8 Å². The lowest BCUT2D eigenvalue weighted by molar-refractivity contribution is -0.869. The van der Waals surface area contributed by atoms with E-state index in [0.717, 1.165) is 13.8 Å². The summed E-state index contributed by atoms with van der Waals surface area (Å²) in [7, 11) is 0. The fourth-order valence-corrected chi connectivity index (χ4v) is 5.22. The second-order valence-electron chi connectivity index (χ2n) is 9.03. The molecule has 0 aromatic heterocycles. The SMILES string of the molecule is C[C@H]1C(=O)O[C@H]2CC[N+]3(C(=O)C(F)(F)F)C[C@H]4O[C@@]4(COC(=O)[C@@](C)(O)[C@@]1(C)O)[C@H]23. The molecule has 4 heterocycles. The van der Waals surface area contributed by atoms with Crippen LogP contribution in [-0.2, 0) is 28.6 Å². The number of cyclic esters (lactones) is 1. The van der Waals surface area contributed by atoms with E-state index < -0.39 is 76.1 Å². The number of quaternary nitrogens is 1. The fourth-order valence-electron chi connectivity index (χ4n) is 5.22. The zero-order valence-corrected chi connectivity index (χ0v) is 16.6. The maximum absolute atomic E-state index is 13.4. The van der Waals surface area contributed by atoms with Crippen LogP contribution in [0.5, 0.6) is 0 Å². The van der Waals surface area contributed by atoms with Crippen LogP contribution in [0, 0.1) is 5.92 Å². The van der Waals surface area contributed by atoms with Gasteiger partial charge in [-0.05, 0) is 20.8 Å². The van der Waals surface area contributed by atoms with Crippen molar-refractivity contribution in [2.75, 3.05) is 19.7 Å². The highest BCUT2D eigenvalue weighted by atomic mass is 19.4. The lowest BCUT2D eigenvalue weighted by atomic mass is 9.76. The third kappa shape index (κ3) is 2.53. The molecule has 168 valence electrons. The standard InChI is InChI=1S/C18H23F3NO8/c1-8-12(23)29-9-4-5-22(13(24)18(19,20)21)6-10-17(30-10,11(9)22)7-28-14(25)16(3,27)15(8,2)26/h8-11,26-27H,4-7H2,1-3H3/q+1/t8-,9-,10+,11-,15-,16+,17+,22?/m0/s1. The summed E-state index contributed by atoms with van der Waals surface area (Å²) in [6.07, 6.45) is -7.06. The molecule has 4 aliphatic rings. The highest BCUT2D eigenvalue weighted by Crippen LogP contribution is 2.58. The highest BCUT2D eigenvalue weighted by Gasteiger charge is 2.84. The Balaban J connectivity index is 1.77. The van der Waals surface area contributed by atoms with Crippen molar-refractivity contribution in [3.8, 4) is 0 Å². The predicted octanol–water partition coefficient (Wildman–Crippen LogP) is -0.578. The molecule has 9 nitrogen and oxygen atoms in total. The molecule has 4 aliphatic heterocycles. The number of carbonyl (C=O) groups is 3. The Morgan fingerprint density at radius 1 is 1.23 bits per heavy atom. The number of amides is 1. The van der Waals surface area contributed by atoms with E-state index in [4.69, 9.17) is 14.2 Å². The minimum atomic E-state index is -5.11. The highest BCUT2D eigenvalue weighted by molar-refractivity contribution is 5.83. The monoisotopic (exact) mass is 438 g/mol. The first-order valence-electron chi connectivity index (χ1n) is 9.60. The summed E-state index contributed by atoms with van der Waals surface area (Å²) in [4.78, 5) is 37.6. The van der Waals surface area contributed by atoms with Gasteiger partial charge >= 0.3 is 24.0 Å². The number of alkyl halides is 3. The van der Waals surface area contributed by atoms with E-state index >= 15 is 0 Å². The Morgan fingerprint density at radius 3 is 2.47 bits per heavy atom. The first-order chi connectivity index (χ1) is 13.6. The lowest BCUT2D eigenvalue weighted by Crippen LogP contribution is -2.64. The molecule has 8 atom stereocenters. The Kier molecular flexibility index (Phi) is 4.24. The van der Waals surface area contributed by atoms with Crippen molar-refractivity contribution in [3.05, 3.63) is 0 Å². The smallest absolute Gasteiger partial charge is 0.460 e. The van der Waals surface area contributed by atoms with Crippen molar-refractivity contribution < 1.29 is 56.5 Å². The third-order valence-corrected chi connectivity index (χ3v) is 7.46. The van der Waals surface area contributed by atoms with Gasteiger partial charge < -0.3 is 24.4 Å². The molecule has 4 saturated heterocycles. The summed E-state index contributed by atoms with van der Waals surface area (Å²) in [6.45, 7) is 2.23. The van der Waals surface area contributed by atoms with Crippen LogP contribution in [-0.4, -0.2) is 93.5 Å². The van der Waals surface area contributed by atoms with Gasteiger partial charge in [-0.25, -0.2) is 14.1 Å². The number of rotatable bonds is 0. The summed E-state index contributed by atoms with van der Waals surface area (Å²) in [5, 5.41) is 21.3. The Labute approximate surface area is 169 Å². The molecule has 0 saturated carbocycles. The van der Waals surface area contributed by atoms with Crippen molar-refractivity contribution in [1.82, 2.24) is 0 Å². The number of halogens is 3. The molecule has 0 aliphatic carbocycles. The van der Waals surface area contributed by atoms with Crippen molar-refractivity contribution in [2.45, 2.75) is 68.4 Å². The maximum atomic E-state index is 13.4. The third-order valence-electron chi connectivity index (χ3n) is 7.46. The number of nitrogens with zero attached hydrogens (tertiary/aromatic N) is 1. The number of carbonyl (C=O) groups excluding carboxylic acids is 3. The van der Waals surface area contributed by atoms with Crippen LogP contribution in [0.2, 0.25) is 0 Å². The first-order valence-corrected chi connectivity index (χ1v) is 9.60. The van der Waals surface area contributed by atoms with Gasteiger partial charge in [-0.1, -0.05) is 0 Å². The zero-order valence-electron chi connectivity index (χ0n) is 16.6. The van der Waals surface area contributed by atoms with E-state index in [1.165, 1.54) is 6.92 Å². The number of hydrogen-bond donors (Lipinski definition) is 2. The summed E-state index contributed by atoms with van der Waals surface area (Å²) < 4.78 is 55.3. The van der Waals surface area contributed by atoms with Gasteiger partial charge in [0.25, 0.3) is 0 Å². The zero-order chi connectivity index (χ0) is 22.5. The largest absolute Gasteiger partial charge is 0.509 e. The predicted molar refractivity (Wildman–Crippen MR) is 88.3 cm³/mol. The molecule has 4 fully saturated rings. The van der Waals surface area contributed by atoms with Crippen LogP contribution >= 0.6 is 0 Å². The maximum Gasteiger partial charge on any atom is 0.509 e. The second-order valence-corrected chi connectivity index (χ2v) is 9.03. The van der Waals surface area contributed by atoms with Gasteiger partial charge in [0, 0.05) is 6.42 Å². The van der Waals surface area contributed by atoms with Gasteiger partial charge in [0.15, 0.2) is 23.3 Å². The molecule has 0 aromatic carbocycles. The number of aliphatic hydroxyl groups is 2. The van der Waals surface area contributed by atoms with Gasteiger partial charge in [-0.2, -0.15) is 13.2 Å². The van der Waals surface area contributed by atoms with Gasteiger partial charge in [0.1, 0.15) is 24.9 Å². The van der Waals surface area contributed by atoms with Crippen LogP contribution < -0.4 is 0 Å². The summed E-state index contributed by atoms with van der Waals surface area (Å²) >= 11 is 0. The topological polar surface area (TPSA) is 123 Å². The molecule has 0 bridgehead atoms. The summed E-state index contributed by atoms with van der Waals surface area (Å²) in [6, 6.07) is -1.21. The second kappa shape index (κ2) is 5.93. The number of epoxide rings is 1. The van der Waals surface area contributed by atoms with E-state index in [0.29, 0.717) is 0 Å². The molecular formula is C18H23F3NO8+. The number of ether oxygens (including phenoxy) is 3. The molecule has 1 unspecified atom stereocenters. The lowest BCUT2D eigenvalue weighted by Gasteiger charge is -2.39. The average molecular weight is 438 g/mol. The Bertz CT molecular complexity index is 827. The van der Waals surface area contributed by atoms with E-state index in [2.05, 4.69) is 0 Å². The fraction of sp³-hybridized carbons (Fsp3) is 0.833. The summed E-state index contributed by atoms with van der Waals surface area (Å²) in [5.74, 6) is -5.67. The van der Waals surface area contributed by atoms with Crippen LogP contribution in [0.1, 0.15) is 27.2 Å². The Hall–Kier alpha value is -1.76. The van der Waals surface area contributed by atoms with E-state index in [-0.39, 0.29) is 19.5 Å². The minimum Gasteiger partial charge on any atom is -0.460 e. The van der Waals surface area contributed by atoms with Gasteiger partial charge in [0.05, 0.1) is 12.5 Å². The van der Waals surface area contributed by atoms with Crippen LogP contribution in [0.3, 0.4) is 0 Å². The van der Waals surface area contributed by atoms with Crippen molar-refractivity contribution in [3.63, 3.8) is 0 Å². The molecular weight excluding hydrogens is 415 g/mol. The van der Waals surface area contributed by atoms with Gasteiger partial charge in [0.2, 0.25) is 0 Å². The van der Waals surface area contributed by atoms with Crippen molar-refractivity contribution in [1.29, 1.82) is 0 Å². The quantitative estimate of drug-likeness (QED) is 0.293. The number of hydrogen-bond acceptors (Lipinski definition) is 8. The number of esters is 2. The van der Waals surface area contributed by atoms with E-state index in [1.54, 1.807) is 0 Å². The van der Waals surface area contributed by atoms with Gasteiger partial charge in [-0.15, -0.1) is 0 Å². The molecule has 1 spiro atoms. The molecule has 0 aromatic rings. The molecule has 2 N–H and O–H groups in total. The average Bonchev–Trinajstić information content (AvgIpc) is 3.06.